The first-order valence-corrected chi connectivity index (χ1v) is 12.4. The Morgan fingerprint density at radius 1 is 1.17 bits per heavy atom. The smallest absolute Gasteiger partial charge is 0.319 e. The Hall–Kier alpha value is -1.68. The first-order chi connectivity index (χ1) is 14.2. The summed E-state index contributed by atoms with van der Waals surface area (Å²) in [5.74, 6) is 0. The van der Waals surface area contributed by atoms with Crippen LogP contribution in [0, 0.1) is 0 Å². The van der Waals surface area contributed by atoms with Gasteiger partial charge in [-0.25, -0.2) is 14.9 Å². The monoisotopic (exact) mass is 435 g/mol. The van der Waals surface area contributed by atoms with Crippen molar-refractivity contribution in [3.63, 3.8) is 0 Å². The fourth-order valence-corrected chi connectivity index (χ4v) is 6.10. The van der Waals surface area contributed by atoms with Gasteiger partial charge in [0.05, 0.1) is 10.9 Å². The second-order valence-electron chi connectivity index (χ2n) is 7.97. The minimum absolute atomic E-state index is 0.0319. The number of aromatic nitrogens is 5. The number of aromatic amines is 1. The molecule has 0 radical (unpaired) electrons. The third-order valence-electron chi connectivity index (χ3n) is 5.94. The number of hydrogen-bond acceptors (Lipinski definition) is 7. The Morgan fingerprint density at radius 2 is 1.83 bits per heavy atom. The Morgan fingerprint density at radius 3 is 2.41 bits per heavy atom. The highest BCUT2D eigenvalue weighted by molar-refractivity contribution is 7.99. The van der Waals surface area contributed by atoms with Crippen molar-refractivity contribution < 1.29 is 4.79 Å². The van der Waals surface area contributed by atoms with Gasteiger partial charge in [-0.1, -0.05) is 50.3 Å². The van der Waals surface area contributed by atoms with Crippen LogP contribution in [-0.4, -0.2) is 48.6 Å². The van der Waals surface area contributed by atoms with Gasteiger partial charge in [-0.15, -0.1) is 16.4 Å². The summed E-state index contributed by atoms with van der Waals surface area (Å²) < 4.78 is 0. The molecule has 2 saturated carbocycles. The number of anilines is 1. The first kappa shape index (κ1) is 20.6. The average Bonchev–Trinajstić information content (AvgIpc) is 3.42. The molecule has 2 aromatic heterocycles. The molecule has 0 aromatic carbocycles. The number of hydrogen-bond donors (Lipinski definition) is 2. The summed E-state index contributed by atoms with van der Waals surface area (Å²) in [6.07, 6.45) is 12.0. The molecule has 0 spiro atoms. The van der Waals surface area contributed by atoms with Gasteiger partial charge in [-0.3, -0.25) is 5.32 Å². The van der Waals surface area contributed by atoms with Gasteiger partial charge in [0, 0.05) is 17.5 Å². The molecule has 2 aromatic rings. The van der Waals surface area contributed by atoms with E-state index in [0.717, 1.165) is 31.4 Å². The molecule has 0 aliphatic heterocycles. The molecule has 10 heteroatoms. The topological polar surface area (TPSA) is 99.7 Å². The maximum Gasteiger partial charge on any atom is 0.324 e. The number of H-pyrrole nitrogens is 1. The highest BCUT2D eigenvalue weighted by Gasteiger charge is 2.33. The minimum atomic E-state index is 0.0319. The fourth-order valence-electron chi connectivity index (χ4n) is 4.46. The Kier molecular flexibility index (Phi) is 7.02. The zero-order valence-corrected chi connectivity index (χ0v) is 18.5. The lowest BCUT2D eigenvalue weighted by Gasteiger charge is -2.41. The van der Waals surface area contributed by atoms with Gasteiger partial charge in [0.25, 0.3) is 0 Å². The third-order valence-corrected chi connectivity index (χ3v) is 7.70. The molecule has 0 bridgehead atoms. The molecule has 0 saturated heterocycles. The summed E-state index contributed by atoms with van der Waals surface area (Å²) >= 11 is 3.00. The highest BCUT2D eigenvalue weighted by Crippen LogP contribution is 2.35. The van der Waals surface area contributed by atoms with Crippen LogP contribution in [0.3, 0.4) is 0 Å². The summed E-state index contributed by atoms with van der Waals surface area (Å²) in [7, 11) is 0. The lowest BCUT2D eigenvalue weighted by molar-refractivity contribution is 0.114. The van der Waals surface area contributed by atoms with Crippen molar-refractivity contribution in [2.75, 3.05) is 5.32 Å². The normalized spacial score (nSPS) is 19.8. The number of nitrogens with one attached hydrogen (secondary N) is 2. The van der Waals surface area contributed by atoms with Gasteiger partial charge in [0.2, 0.25) is 5.16 Å². The zero-order valence-electron chi connectivity index (χ0n) is 16.8. The number of thioether (sulfide) groups is 1. The minimum Gasteiger partial charge on any atom is -0.319 e. The molecule has 2 aliphatic rings. The van der Waals surface area contributed by atoms with Crippen LogP contribution in [0.25, 0.3) is 0 Å². The molecule has 2 amide bonds. The molecule has 1 unspecified atom stereocenters. The van der Waals surface area contributed by atoms with E-state index in [-0.39, 0.29) is 11.3 Å². The van der Waals surface area contributed by atoms with Gasteiger partial charge in [0.1, 0.15) is 0 Å². The van der Waals surface area contributed by atoms with E-state index in [1.165, 1.54) is 61.6 Å². The molecular weight excluding hydrogens is 406 g/mol. The number of rotatable bonds is 6. The second kappa shape index (κ2) is 9.88. The quantitative estimate of drug-likeness (QED) is 0.619. The summed E-state index contributed by atoms with van der Waals surface area (Å²) in [5, 5.41) is 20.4. The van der Waals surface area contributed by atoms with Crippen LogP contribution in [0.15, 0.2) is 10.5 Å². The van der Waals surface area contributed by atoms with Crippen molar-refractivity contribution in [1.82, 2.24) is 30.5 Å². The maximum absolute atomic E-state index is 13.3. The van der Waals surface area contributed by atoms with Gasteiger partial charge in [-0.2, -0.15) is 0 Å². The molecule has 29 heavy (non-hydrogen) atoms. The average molecular weight is 436 g/mol. The SMILES string of the molecule is CC(Sc1nnn[nH]1)c1csc(NC(=O)N(C2CCCCC2)C2CCCCC2)n1. The summed E-state index contributed by atoms with van der Waals surface area (Å²) in [6.45, 7) is 2.06. The van der Waals surface area contributed by atoms with Crippen LogP contribution in [-0.2, 0) is 0 Å². The van der Waals surface area contributed by atoms with Crippen LogP contribution in [0.5, 0.6) is 0 Å². The number of carbonyl (C=O) groups excluding carboxylic acids is 1. The molecular formula is C19H29N7OS2. The van der Waals surface area contributed by atoms with Gasteiger partial charge in [-0.05, 0) is 43.0 Å². The summed E-state index contributed by atoms with van der Waals surface area (Å²) in [6, 6.07) is 0.781. The van der Waals surface area contributed by atoms with Crippen molar-refractivity contribution >= 4 is 34.3 Å². The molecule has 2 fully saturated rings. The zero-order chi connectivity index (χ0) is 20.1. The number of urea groups is 1. The molecule has 2 N–H and O–H groups in total. The number of carbonyl (C=O) groups is 1. The largest absolute Gasteiger partial charge is 0.324 e. The molecule has 1 atom stereocenters. The fraction of sp³-hybridized carbons (Fsp3) is 0.737. The predicted octanol–water partition coefficient (Wildman–Crippen LogP) is 5.01. The Balaban J connectivity index is 1.42. The van der Waals surface area contributed by atoms with E-state index in [1.54, 1.807) is 0 Å². The van der Waals surface area contributed by atoms with E-state index in [4.69, 9.17) is 0 Å². The van der Waals surface area contributed by atoms with Crippen LogP contribution in [0.2, 0.25) is 0 Å². The van der Waals surface area contributed by atoms with Crippen LogP contribution >= 0.6 is 23.1 Å². The molecule has 8 nitrogen and oxygen atoms in total. The standard InChI is InChI=1S/C19H29N7OS2/c1-13(29-18-22-24-25-23-18)16-12-28-17(20-16)21-19(27)26(14-8-4-2-5-9-14)15-10-6-3-7-11-15/h12-15H,2-11H2,1H3,(H,20,21,27)(H,22,23,24,25). The number of nitrogens with zero attached hydrogens (tertiary/aromatic N) is 5. The predicted molar refractivity (Wildman–Crippen MR) is 115 cm³/mol. The van der Waals surface area contributed by atoms with E-state index in [2.05, 4.69) is 42.7 Å². The summed E-state index contributed by atoms with van der Waals surface area (Å²) in [5.41, 5.74) is 0.925. The molecule has 2 aliphatic carbocycles. The van der Waals surface area contributed by atoms with E-state index in [1.807, 2.05) is 5.38 Å². The van der Waals surface area contributed by atoms with Crippen molar-refractivity contribution in [1.29, 1.82) is 0 Å². The highest BCUT2D eigenvalue weighted by atomic mass is 32.2. The van der Waals surface area contributed by atoms with Crippen molar-refractivity contribution in [3.8, 4) is 0 Å². The number of amides is 2. The van der Waals surface area contributed by atoms with Crippen LogP contribution in [0.4, 0.5) is 9.93 Å². The van der Waals surface area contributed by atoms with Crippen molar-refractivity contribution in [2.24, 2.45) is 0 Å². The number of tetrazole rings is 1. The van der Waals surface area contributed by atoms with Gasteiger partial charge < -0.3 is 4.90 Å². The second-order valence-corrected chi connectivity index (χ2v) is 10.2. The van der Waals surface area contributed by atoms with Crippen LogP contribution in [0.1, 0.15) is 82.1 Å². The van der Waals surface area contributed by atoms with E-state index < -0.39 is 0 Å². The Labute approximate surface area is 179 Å². The molecule has 158 valence electrons. The maximum atomic E-state index is 13.3. The van der Waals surface area contributed by atoms with E-state index >= 15 is 0 Å². The first-order valence-electron chi connectivity index (χ1n) is 10.7. The van der Waals surface area contributed by atoms with E-state index in [9.17, 15) is 4.79 Å². The summed E-state index contributed by atoms with van der Waals surface area (Å²) in [4.78, 5) is 20.1. The van der Waals surface area contributed by atoms with Crippen LogP contribution < -0.4 is 5.32 Å². The molecule has 4 rings (SSSR count). The Bertz CT molecular complexity index is 751. The van der Waals surface area contributed by atoms with Gasteiger partial charge in [0.15, 0.2) is 5.13 Å². The number of thiazole rings is 1. The lowest BCUT2D eigenvalue weighted by Crippen LogP contribution is -2.50. The molecule has 2 heterocycles. The van der Waals surface area contributed by atoms with Gasteiger partial charge >= 0.3 is 6.03 Å². The van der Waals surface area contributed by atoms with Crippen molar-refractivity contribution in [3.05, 3.63) is 11.1 Å². The van der Waals surface area contributed by atoms with E-state index in [0.29, 0.717) is 22.4 Å². The van der Waals surface area contributed by atoms with Crippen molar-refractivity contribution in [2.45, 2.75) is 93.6 Å². The third kappa shape index (κ3) is 5.28. The lowest BCUT2D eigenvalue weighted by atomic mass is 9.89.